The van der Waals surface area contributed by atoms with E-state index in [-0.39, 0.29) is 0 Å². The van der Waals surface area contributed by atoms with E-state index < -0.39 is 0 Å². The Bertz CT molecular complexity index is 37.8. The van der Waals surface area contributed by atoms with Crippen LogP contribution in [0.2, 0.25) is 0 Å². The van der Waals surface area contributed by atoms with Crippen molar-refractivity contribution in [3.63, 3.8) is 0 Å². The van der Waals surface area contributed by atoms with Gasteiger partial charge in [-0.1, -0.05) is 0 Å². The Morgan fingerprint density at radius 2 is 2.25 bits per heavy atom. The number of rotatable bonds is 0. The molecule has 4 heavy (non-hydrogen) atoms. The summed E-state index contributed by atoms with van der Waals surface area (Å²) in [5.74, 6) is 0. The monoisotopic (exact) mass is 117 g/mol. The average Bonchev–Trinajstić information content (AvgIpc) is 1.37. The standard InChI is InChI=1S/CAsNO/c2-4-1-3. The Kier molecular flexibility index (Phi) is 2.74. The Morgan fingerprint density at radius 1 is 2.00 bits per heavy atom. The van der Waals surface area contributed by atoms with Gasteiger partial charge in [-0.2, -0.15) is 0 Å². The van der Waals surface area contributed by atoms with Crippen molar-refractivity contribution in [2.45, 2.75) is 0 Å². The van der Waals surface area contributed by atoms with Crippen LogP contribution in [0.25, 0.3) is 0 Å². The fourth-order valence-corrected chi connectivity index (χ4v) is 0. The van der Waals surface area contributed by atoms with Crippen molar-refractivity contribution in [1.82, 2.24) is 0 Å². The van der Waals surface area contributed by atoms with Gasteiger partial charge in [-0.3, -0.25) is 0 Å². The van der Waals surface area contributed by atoms with Crippen LogP contribution in [0, 0.1) is 11.5 Å². The van der Waals surface area contributed by atoms with Crippen molar-refractivity contribution in [1.29, 1.82) is 5.26 Å². The molecule has 0 saturated heterocycles. The summed E-state index contributed by atoms with van der Waals surface area (Å²) in [5.41, 5.74) is 0. The summed E-state index contributed by atoms with van der Waals surface area (Å²) in [6.45, 7) is 0. The van der Waals surface area contributed by atoms with E-state index in [0.717, 1.165) is 0 Å². The van der Waals surface area contributed by atoms with E-state index in [0.29, 0.717) is 0 Å². The normalized spacial score (nSPS) is 4.00. The molecule has 0 heterocycles. The van der Waals surface area contributed by atoms with E-state index in [4.69, 9.17) is 5.26 Å². The van der Waals surface area contributed by atoms with Crippen LogP contribution < -0.4 is 0 Å². The van der Waals surface area contributed by atoms with Crippen LogP contribution in [0.1, 0.15) is 0 Å². The Morgan fingerprint density at radius 3 is 2.25 bits per heavy atom. The summed E-state index contributed by atoms with van der Waals surface area (Å²) in [6.07, 6.45) is 1.40. The second-order valence-corrected chi connectivity index (χ2v) is 0.566. The molecule has 2 radical (unpaired) electrons. The first kappa shape index (κ1) is 3.85. The molecule has 0 aliphatic heterocycles. The first-order valence-corrected chi connectivity index (χ1v) is 1.38. The molecule has 0 spiro atoms. The molecule has 20 valence electrons. The van der Waals surface area contributed by atoms with E-state index in [9.17, 15) is 0 Å². The number of hydrogen-bond acceptors (Lipinski definition) is 2. The van der Waals surface area contributed by atoms with Gasteiger partial charge < -0.3 is 0 Å². The summed E-state index contributed by atoms with van der Waals surface area (Å²) in [6, 6.07) is 0. The van der Waals surface area contributed by atoms with Crippen LogP contribution in [0.5, 0.6) is 0 Å². The molecule has 0 rings (SSSR count). The van der Waals surface area contributed by atoms with Crippen LogP contribution >= 0.6 is 0 Å². The van der Waals surface area contributed by atoms with Gasteiger partial charge in [0.1, 0.15) is 0 Å². The quantitative estimate of drug-likeness (QED) is 0.318. The predicted octanol–water partition coefficient (Wildman–Crippen LogP) is -0.432. The molecular formula is CAsNO. The molecule has 3 heteroatoms. The van der Waals surface area contributed by atoms with Gasteiger partial charge in [0.2, 0.25) is 0 Å². The zero-order valence-corrected chi connectivity index (χ0v) is 3.68. The van der Waals surface area contributed by atoms with E-state index in [1.54, 1.807) is 17.2 Å². The van der Waals surface area contributed by atoms with E-state index in [2.05, 4.69) is 3.73 Å². The van der Waals surface area contributed by atoms with Gasteiger partial charge in [0.05, 0.1) is 0 Å². The third-order valence-electron chi connectivity index (χ3n) is 0.0408. The predicted molar refractivity (Wildman–Crippen MR) is 12.5 cm³/mol. The number of nitrogens with zero attached hydrogens (tertiary/aromatic N) is 1. The van der Waals surface area contributed by atoms with Gasteiger partial charge in [-0.15, -0.1) is 0 Å². The zero-order chi connectivity index (χ0) is 3.41. The maximum atomic E-state index is 7.39. The molecule has 0 atom stereocenters. The zero-order valence-electron chi connectivity index (χ0n) is 1.80. The van der Waals surface area contributed by atoms with Crippen molar-refractivity contribution in [2.24, 2.45) is 0 Å². The molecule has 2 nitrogen and oxygen atoms in total. The van der Waals surface area contributed by atoms with E-state index in [1.165, 1.54) is 6.26 Å². The van der Waals surface area contributed by atoms with Gasteiger partial charge in [0, 0.05) is 0 Å². The minimum absolute atomic E-state index is 1.40. The summed E-state index contributed by atoms with van der Waals surface area (Å²) in [7, 11) is 0. The average molecular weight is 117 g/mol. The number of nitriles is 1. The molecular weight excluding hydrogens is 117 g/mol. The Hall–Kier alpha value is -0.152. The summed E-state index contributed by atoms with van der Waals surface area (Å²) in [5, 5.41) is 7.39. The van der Waals surface area contributed by atoms with Crippen LogP contribution in [-0.2, 0) is 3.73 Å². The molecule has 0 aromatic rings. The molecule has 0 amide bonds. The van der Waals surface area contributed by atoms with Crippen molar-refractivity contribution in [3.05, 3.63) is 0 Å². The van der Waals surface area contributed by atoms with Crippen molar-refractivity contribution in [3.8, 4) is 6.26 Å². The third-order valence-corrected chi connectivity index (χ3v) is 0.212. The molecule has 0 aromatic heterocycles. The van der Waals surface area contributed by atoms with Gasteiger partial charge in [-0.25, -0.2) is 0 Å². The molecule has 0 unspecified atom stereocenters. The maximum absolute atomic E-state index is 7.39. The summed E-state index contributed by atoms with van der Waals surface area (Å²) < 4.78 is 3.78. The molecule has 0 saturated carbocycles. The van der Waals surface area contributed by atoms with Crippen molar-refractivity contribution >= 4 is 17.2 Å². The van der Waals surface area contributed by atoms with Crippen LogP contribution in [0.3, 0.4) is 0 Å². The van der Waals surface area contributed by atoms with E-state index >= 15 is 0 Å². The second kappa shape index (κ2) is 2.85. The van der Waals surface area contributed by atoms with E-state index in [1.807, 2.05) is 0 Å². The molecule has 0 aliphatic carbocycles. The second-order valence-electron chi connectivity index (χ2n) is 0.183. The first-order valence-electron chi connectivity index (χ1n) is 0.610. The van der Waals surface area contributed by atoms with Gasteiger partial charge >= 0.3 is 32.4 Å². The SMILES string of the molecule is N#CO[As]. The topological polar surface area (TPSA) is 33.0 Å². The summed E-state index contributed by atoms with van der Waals surface area (Å²) in [4.78, 5) is 0. The molecule has 0 fully saturated rings. The fourth-order valence-electron chi connectivity index (χ4n) is 0. The van der Waals surface area contributed by atoms with Crippen LogP contribution in [-0.4, -0.2) is 17.2 Å². The molecule has 0 aromatic carbocycles. The van der Waals surface area contributed by atoms with Gasteiger partial charge in [0.25, 0.3) is 0 Å². The molecule has 0 N–H and O–H groups in total. The Balaban J connectivity index is 2.43. The minimum atomic E-state index is 1.40. The Labute approximate surface area is 33.2 Å². The third kappa shape index (κ3) is 1.85. The van der Waals surface area contributed by atoms with Gasteiger partial charge in [0.15, 0.2) is 0 Å². The number of hydrogen-bond donors (Lipinski definition) is 0. The van der Waals surface area contributed by atoms with Crippen molar-refractivity contribution < 1.29 is 3.73 Å². The van der Waals surface area contributed by atoms with Gasteiger partial charge in [-0.05, 0) is 0 Å². The summed E-state index contributed by atoms with van der Waals surface area (Å²) >= 11 is 1.68. The first-order chi connectivity index (χ1) is 1.91. The fraction of sp³-hybridized carbons (Fsp3) is 0. The van der Waals surface area contributed by atoms with Crippen LogP contribution in [0.4, 0.5) is 0 Å². The van der Waals surface area contributed by atoms with Crippen molar-refractivity contribution in [2.75, 3.05) is 0 Å². The van der Waals surface area contributed by atoms with Crippen LogP contribution in [0.15, 0.2) is 0 Å². The molecule has 0 bridgehead atoms. The molecule has 0 aliphatic rings.